The fourth-order valence-electron chi connectivity index (χ4n) is 6.14. The zero-order valence-electron chi connectivity index (χ0n) is 29.9. The molecule has 1 atom stereocenters. The molecule has 2 aliphatic rings. The van der Waals surface area contributed by atoms with Crippen LogP contribution >= 0.6 is 0 Å². The van der Waals surface area contributed by atoms with Gasteiger partial charge in [0.25, 0.3) is 5.91 Å². The van der Waals surface area contributed by atoms with E-state index in [0.29, 0.717) is 39.5 Å². The number of halogens is 1. The van der Waals surface area contributed by atoms with E-state index in [1.807, 2.05) is 68.9 Å². The van der Waals surface area contributed by atoms with Crippen LogP contribution in [0.4, 0.5) is 15.9 Å². The smallest absolute Gasteiger partial charge is 0.255 e. The number of rotatable bonds is 11. The number of hydrogen-bond donors (Lipinski definition) is 2. The zero-order chi connectivity index (χ0) is 37.6. The molecule has 13 nitrogen and oxygen atoms in total. The minimum absolute atomic E-state index is 0.167. The van der Waals surface area contributed by atoms with E-state index in [2.05, 4.69) is 15.6 Å². The Hall–Kier alpha value is -6.15. The van der Waals surface area contributed by atoms with Crippen molar-refractivity contribution in [1.82, 2.24) is 24.6 Å². The van der Waals surface area contributed by atoms with Gasteiger partial charge in [0.15, 0.2) is 0 Å². The quantitative estimate of drug-likeness (QED) is 0.108. The van der Waals surface area contributed by atoms with Crippen LogP contribution in [0.5, 0.6) is 5.75 Å². The molecule has 5 heterocycles. The highest BCUT2D eigenvalue weighted by Gasteiger charge is 2.39. The molecule has 274 valence electrons. The normalized spacial score (nSPS) is 15.1. The number of imidazole rings is 1. The minimum Gasteiger partial charge on any atom is -0.490 e. The molecule has 14 heteroatoms. The summed E-state index contributed by atoms with van der Waals surface area (Å²) < 4.78 is 27.8. The van der Waals surface area contributed by atoms with Crippen molar-refractivity contribution in [2.24, 2.45) is 0 Å². The number of carbonyl (C=O) groups excluding carboxylic acids is 4. The van der Waals surface area contributed by atoms with Crippen molar-refractivity contribution in [2.45, 2.75) is 39.3 Å². The van der Waals surface area contributed by atoms with E-state index >= 15 is 0 Å². The highest BCUT2D eigenvalue weighted by atomic mass is 19.1. The minimum atomic E-state index is -0.704. The molecule has 1 fully saturated rings. The Morgan fingerprint density at radius 2 is 1.70 bits per heavy atom. The number of amides is 4. The molecule has 0 radical (unpaired) electrons. The van der Waals surface area contributed by atoms with Gasteiger partial charge in [0.1, 0.15) is 36.5 Å². The first-order valence-electron chi connectivity index (χ1n) is 17.3. The number of fused-ring (bicyclic) bond motifs is 2. The van der Waals surface area contributed by atoms with Crippen LogP contribution in [0.15, 0.2) is 79.1 Å². The lowest BCUT2D eigenvalue weighted by Crippen LogP contribution is -2.52. The summed E-state index contributed by atoms with van der Waals surface area (Å²) in [5.41, 5.74) is 5.14. The molecule has 5 aromatic rings. The van der Waals surface area contributed by atoms with E-state index in [1.165, 1.54) is 4.90 Å². The van der Waals surface area contributed by atoms with Crippen LogP contribution in [0.3, 0.4) is 0 Å². The summed E-state index contributed by atoms with van der Waals surface area (Å²) in [6.45, 7) is 4.39. The molecule has 4 amide bonds. The highest BCUT2D eigenvalue weighted by molar-refractivity contribution is 6.05. The predicted molar refractivity (Wildman–Crippen MR) is 197 cm³/mol. The molecule has 53 heavy (non-hydrogen) atoms. The van der Waals surface area contributed by atoms with Gasteiger partial charge >= 0.3 is 0 Å². The number of hydrogen-bond acceptors (Lipinski definition) is 9. The Kier molecular flexibility index (Phi) is 11.1. The van der Waals surface area contributed by atoms with Gasteiger partial charge in [0.05, 0.1) is 18.5 Å². The monoisotopic (exact) mass is 721 g/mol. The largest absolute Gasteiger partial charge is 0.490 e. The van der Waals surface area contributed by atoms with Crippen molar-refractivity contribution < 1.29 is 33.0 Å². The molecule has 0 spiro atoms. The number of aromatic nitrogens is 3. The van der Waals surface area contributed by atoms with Crippen molar-refractivity contribution >= 4 is 40.8 Å². The third kappa shape index (κ3) is 8.17. The maximum absolute atomic E-state index is 14.6. The van der Waals surface area contributed by atoms with E-state index in [4.69, 9.17) is 14.5 Å². The molecule has 7 rings (SSSR count). The van der Waals surface area contributed by atoms with Gasteiger partial charge in [-0.05, 0) is 60.0 Å². The van der Waals surface area contributed by atoms with Crippen LogP contribution in [0.1, 0.15) is 42.6 Å². The summed E-state index contributed by atoms with van der Waals surface area (Å²) in [4.78, 5) is 61.1. The highest BCUT2D eigenvalue weighted by Crippen LogP contribution is 2.30. The van der Waals surface area contributed by atoms with E-state index in [-0.39, 0.29) is 56.9 Å². The van der Waals surface area contributed by atoms with Gasteiger partial charge in [-0.15, -0.1) is 0 Å². The topological polar surface area (TPSA) is 147 Å². The van der Waals surface area contributed by atoms with Crippen molar-refractivity contribution in [3.63, 3.8) is 0 Å². The van der Waals surface area contributed by atoms with Crippen LogP contribution in [0, 0.1) is 5.95 Å². The van der Waals surface area contributed by atoms with Gasteiger partial charge < -0.3 is 29.0 Å². The predicted octanol–water partition coefficient (Wildman–Crippen LogP) is 5.09. The molecular formula is C39H40FN7O6. The first-order chi connectivity index (χ1) is 25.6. The first-order valence-corrected chi connectivity index (χ1v) is 17.3. The van der Waals surface area contributed by atoms with Gasteiger partial charge in [-0.2, -0.15) is 4.39 Å². The molecule has 1 unspecified atom stereocenters. The lowest BCUT2D eigenvalue weighted by molar-refractivity contribution is -0.137. The van der Waals surface area contributed by atoms with Crippen molar-refractivity contribution in [2.75, 3.05) is 44.1 Å². The van der Waals surface area contributed by atoms with E-state index < -0.39 is 17.9 Å². The molecule has 1 saturated heterocycles. The molecular weight excluding hydrogens is 681 g/mol. The Bertz CT molecular complexity index is 2170. The van der Waals surface area contributed by atoms with Crippen molar-refractivity contribution in [3.05, 3.63) is 96.2 Å². The van der Waals surface area contributed by atoms with Crippen LogP contribution < -0.4 is 20.3 Å². The molecule has 0 bridgehead atoms. The van der Waals surface area contributed by atoms with Gasteiger partial charge in [-0.25, -0.2) is 9.97 Å². The molecule has 2 aliphatic heterocycles. The van der Waals surface area contributed by atoms with Crippen LogP contribution in [0.2, 0.25) is 0 Å². The summed E-state index contributed by atoms with van der Waals surface area (Å²) in [5.74, 6) is -0.848. The molecule has 2 aromatic carbocycles. The standard InChI is InChI=1S/C37H34FN7O6.C2H6/c1-43(2)31-13-10-27(35(38)41-31)22-3-5-23(6-4-22)29-20-44-19-26(8-12-32(44)40-29)51-16-15-50-21-34(47)39-25-7-9-28-24(17-25)18-45(37(28)49)30-11-14-33(46)42-36(30)48;1-2/h3-10,12-13,17,19-20,30H,11,14-16,18,21H2,1-2H3,(H,39,47)(H,42,46,48);1-2H3. The van der Waals surface area contributed by atoms with Crippen LogP contribution in [-0.4, -0.2) is 82.9 Å². The van der Waals surface area contributed by atoms with E-state index in [9.17, 15) is 23.6 Å². The summed E-state index contributed by atoms with van der Waals surface area (Å²) in [6, 6.07) is 18.9. The average molecular weight is 722 g/mol. The lowest BCUT2D eigenvalue weighted by atomic mass is 10.0. The number of nitrogens with one attached hydrogen (secondary N) is 2. The number of carbonyl (C=O) groups is 4. The number of anilines is 2. The van der Waals surface area contributed by atoms with Gasteiger partial charge in [0.2, 0.25) is 23.7 Å². The summed E-state index contributed by atoms with van der Waals surface area (Å²) in [6.07, 6.45) is 4.15. The third-order valence-electron chi connectivity index (χ3n) is 8.74. The Morgan fingerprint density at radius 3 is 2.43 bits per heavy atom. The summed E-state index contributed by atoms with van der Waals surface area (Å²) in [7, 11) is 3.62. The summed E-state index contributed by atoms with van der Waals surface area (Å²) >= 11 is 0. The first kappa shape index (κ1) is 36.6. The van der Waals surface area contributed by atoms with E-state index in [0.717, 1.165) is 16.9 Å². The second kappa shape index (κ2) is 16.0. The van der Waals surface area contributed by atoms with Crippen molar-refractivity contribution in [1.29, 1.82) is 0 Å². The average Bonchev–Trinajstić information content (AvgIpc) is 3.72. The second-order valence-corrected chi connectivity index (χ2v) is 12.5. The SMILES string of the molecule is CC.CN(C)c1ccc(-c2ccc(-c3cn4cc(OCCOCC(=O)Nc5ccc6c(c5)CN(C5CCC(=O)NC5=O)C6=O)ccc4n3)cc2)c(F)n1. The Labute approximate surface area is 305 Å². The van der Waals surface area contributed by atoms with Crippen LogP contribution in [-0.2, 0) is 25.7 Å². The number of ether oxygens (including phenoxy) is 2. The maximum Gasteiger partial charge on any atom is 0.255 e. The fraction of sp³-hybridized carbons (Fsp3) is 0.282. The number of piperidine rings is 1. The van der Waals surface area contributed by atoms with Gasteiger partial charge in [0, 0.05) is 55.6 Å². The lowest BCUT2D eigenvalue weighted by Gasteiger charge is -2.29. The number of imide groups is 1. The van der Waals surface area contributed by atoms with Crippen molar-refractivity contribution in [3.8, 4) is 28.1 Å². The summed E-state index contributed by atoms with van der Waals surface area (Å²) in [5, 5.41) is 5.06. The maximum atomic E-state index is 14.6. The van der Waals surface area contributed by atoms with Gasteiger partial charge in [-0.3, -0.25) is 24.5 Å². The Balaban J connectivity index is 0.00000236. The zero-order valence-corrected chi connectivity index (χ0v) is 29.9. The third-order valence-corrected chi connectivity index (χ3v) is 8.74. The van der Waals surface area contributed by atoms with E-state index in [1.54, 1.807) is 47.5 Å². The van der Waals surface area contributed by atoms with Gasteiger partial charge in [-0.1, -0.05) is 38.1 Å². The molecule has 2 N–H and O–H groups in total. The number of pyridine rings is 2. The molecule has 3 aromatic heterocycles. The molecule has 0 saturated carbocycles. The Morgan fingerprint density at radius 1 is 0.943 bits per heavy atom. The fourth-order valence-corrected chi connectivity index (χ4v) is 6.14. The number of benzene rings is 2. The number of nitrogens with zero attached hydrogens (tertiary/aromatic N) is 5. The van der Waals surface area contributed by atoms with Crippen LogP contribution in [0.25, 0.3) is 28.0 Å². The molecule has 0 aliphatic carbocycles. The second-order valence-electron chi connectivity index (χ2n) is 12.5.